The van der Waals surface area contributed by atoms with Gasteiger partial charge in [-0.05, 0) is 88.9 Å². The molecule has 3 N–H and O–H groups in total. The first-order valence-electron chi connectivity index (χ1n) is 15.3. The van der Waals surface area contributed by atoms with E-state index in [4.69, 9.17) is 14.6 Å². The molecule has 0 saturated heterocycles. The normalized spacial score (nSPS) is 9.74. The number of ether oxygens (including phenoxy) is 2. The number of aliphatic hydroxyl groups excluding tert-OH is 1. The Kier molecular flexibility index (Phi) is 19.3. The standard InChI is InChI=1S/C11H12N2O2.C9H10BrNO2.C8H5BrN2O.C3H3N3.C3H8O/c1-2-5-15-8-6-9-10(13-7-8)3-4-12-11(9)14;1-3-13-9(12)8-4-7(10)5-11-6(8)2;9-5-3-6-7(11-4-5)1-2-10-8(6)12;1-4-2-6-3-5-1;1-2-3-4/h3-4,6-7H,2,5H2,1H3,(H,12,14);4-5H,3H2,1-2H3;1-4H,(H,10,12);1-3H;4H,2-3H2,1H3. The number of nitrogens with one attached hydrogen (secondary N) is 2. The van der Waals surface area contributed by atoms with Gasteiger partial charge in [-0.2, -0.15) is 0 Å². The van der Waals surface area contributed by atoms with Crippen LogP contribution >= 0.6 is 31.9 Å². The van der Waals surface area contributed by atoms with E-state index < -0.39 is 0 Å². The van der Waals surface area contributed by atoms with Crippen molar-refractivity contribution in [3.8, 4) is 5.75 Å². The number of hydrogen-bond acceptors (Lipinski definition) is 12. The number of fused-ring (bicyclic) bond motifs is 2. The van der Waals surface area contributed by atoms with Crippen LogP contribution in [-0.4, -0.2) is 70.8 Å². The molecule has 6 rings (SSSR count). The van der Waals surface area contributed by atoms with Crippen molar-refractivity contribution in [2.24, 2.45) is 0 Å². The summed E-state index contributed by atoms with van der Waals surface area (Å²) in [5.74, 6) is 0.315. The molecule has 16 heteroatoms. The van der Waals surface area contributed by atoms with Crippen LogP contribution in [0.15, 0.2) is 98.8 Å². The van der Waals surface area contributed by atoms with Crippen LogP contribution < -0.4 is 15.9 Å². The minimum Gasteiger partial charge on any atom is -0.492 e. The van der Waals surface area contributed by atoms with Crippen LogP contribution in [-0.2, 0) is 4.74 Å². The van der Waals surface area contributed by atoms with E-state index in [0.717, 1.165) is 21.8 Å². The fraction of sp³-hybridized carbons (Fsp3) is 0.265. The number of aromatic amines is 2. The van der Waals surface area contributed by atoms with Gasteiger partial charge in [0.1, 0.15) is 24.7 Å². The molecular weight excluding hydrogens is 776 g/mol. The smallest absolute Gasteiger partial charge is 0.340 e. The summed E-state index contributed by atoms with van der Waals surface area (Å²) in [4.78, 5) is 62.1. The van der Waals surface area contributed by atoms with Crippen molar-refractivity contribution in [2.75, 3.05) is 19.8 Å². The number of carbonyl (C=O) groups is 1. The largest absolute Gasteiger partial charge is 0.492 e. The maximum absolute atomic E-state index is 11.5. The zero-order chi connectivity index (χ0) is 36.7. The number of aryl methyl sites for hydroxylation is 1. The van der Waals surface area contributed by atoms with Gasteiger partial charge in [0.2, 0.25) is 0 Å². The van der Waals surface area contributed by atoms with E-state index in [-0.39, 0.29) is 17.1 Å². The molecule has 0 aliphatic rings. The minimum absolute atomic E-state index is 0.110. The van der Waals surface area contributed by atoms with Crippen LogP contribution in [0.4, 0.5) is 0 Å². The molecule has 0 radical (unpaired) electrons. The van der Waals surface area contributed by atoms with Crippen molar-refractivity contribution in [2.45, 2.75) is 40.5 Å². The van der Waals surface area contributed by atoms with Crippen LogP contribution in [0.5, 0.6) is 5.75 Å². The van der Waals surface area contributed by atoms with Gasteiger partial charge in [0.25, 0.3) is 11.1 Å². The molecule has 6 heterocycles. The van der Waals surface area contributed by atoms with Crippen LogP contribution in [0, 0.1) is 6.92 Å². The third-order valence-electron chi connectivity index (χ3n) is 5.82. The highest BCUT2D eigenvalue weighted by Gasteiger charge is 2.10. The van der Waals surface area contributed by atoms with Gasteiger partial charge in [0, 0.05) is 40.3 Å². The molecule has 0 fully saturated rings. The molecule has 50 heavy (non-hydrogen) atoms. The maximum atomic E-state index is 11.5. The van der Waals surface area contributed by atoms with E-state index in [0.29, 0.717) is 58.6 Å². The molecule has 0 aliphatic heterocycles. The summed E-state index contributed by atoms with van der Waals surface area (Å²) in [5.41, 5.74) is 2.34. The molecule has 14 nitrogen and oxygen atoms in total. The second kappa shape index (κ2) is 23.4. The Morgan fingerprint density at radius 2 is 1.30 bits per heavy atom. The number of nitrogens with zero attached hydrogens (tertiary/aromatic N) is 6. The third-order valence-corrected chi connectivity index (χ3v) is 6.69. The molecule has 0 aliphatic carbocycles. The maximum Gasteiger partial charge on any atom is 0.340 e. The fourth-order valence-corrected chi connectivity index (χ4v) is 4.17. The minimum atomic E-state index is -0.325. The van der Waals surface area contributed by atoms with Gasteiger partial charge in [0.15, 0.2) is 0 Å². The number of aromatic nitrogens is 8. The van der Waals surface area contributed by atoms with Gasteiger partial charge in [-0.15, -0.1) is 0 Å². The SMILES string of the molecule is CCCO.CCCOc1cnc2cc[nH]c(=O)c2c1.CCOC(=O)c1cc(Br)cnc1C.O=c1[nH]ccc2ncc(Br)cc12.c1ncncn1. The first-order valence-corrected chi connectivity index (χ1v) is 16.9. The molecule has 0 spiro atoms. The van der Waals surface area contributed by atoms with Crippen molar-refractivity contribution in [1.29, 1.82) is 0 Å². The Labute approximate surface area is 305 Å². The fourth-order valence-electron chi connectivity index (χ4n) is 3.51. The van der Waals surface area contributed by atoms with Crippen LogP contribution in [0.1, 0.15) is 49.7 Å². The molecule has 0 unspecified atom stereocenters. The van der Waals surface area contributed by atoms with Crippen LogP contribution in [0.3, 0.4) is 0 Å². The summed E-state index contributed by atoms with van der Waals surface area (Å²) in [6.45, 7) is 8.85. The predicted octanol–water partition coefficient (Wildman–Crippen LogP) is 5.99. The Hall–Kier alpha value is -4.93. The number of halogens is 2. The first-order chi connectivity index (χ1) is 24.1. The molecule has 0 amide bonds. The molecule has 6 aromatic rings. The lowest BCUT2D eigenvalue weighted by Crippen LogP contribution is -2.07. The van der Waals surface area contributed by atoms with Gasteiger partial charge in [0.05, 0.1) is 52.5 Å². The second-order valence-corrected chi connectivity index (χ2v) is 11.5. The van der Waals surface area contributed by atoms with Crippen LogP contribution in [0.2, 0.25) is 0 Å². The quantitative estimate of drug-likeness (QED) is 0.166. The third kappa shape index (κ3) is 14.7. The zero-order valence-electron chi connectivity index (χ0n) is 28.0. The lowest BCUT2D eigenvalue weighted by atomic mass is 10.2. The van der Waals surface area contributed by atoms with E-state index in [9.17, 15) is 14.4 Å². The van der Waals surface area contributed by atoms with E-state index in [1.165, 1.54) is 19.0 Å². The molecule has 0 bridgehead atoms. The number of esters is 1. The number of carbonyl (C=O) groups excluding carboxylic acids is 1. The average molecular weight is 815 g/mol. The van der Waals surface area contributed by atoms with E-state index >= 15 is 0 Å². The Morgan fingerprint density at radius 1 is 0.780 bits per heavy atom. The molecular formula is C34H38Br2N8O6. The summed E-state index contributed by atoms with van der Waals surface area (Å²) < 4.78 is 11.9. The number of rotatable bonds is 6. The molecule has 6 aromatic heterocycles. The summed E-state index contributed by atoms with van der Waals surface area (Å²) >= 11 is 6.50. The van der Waals surface area contributed by atoms with Crippen molar-refractivity contribution in [3.63, 3.8) is 0 Å². The van der Waals surface area contributed by atoms with Gasteiger partial charge < -0.3 is 24.5 Å². The highest BCUT2D eigenvalue weighted by atomic mass is 79.9. The number of pyridine rings is 5. The lowest BCUT2D eigenvalue weighted by Gasteiger charge is -2.04. The monoisotopic (exact) mass is 812 g/mol. The Morgan fingerprint density at radius 3 is 1.82 bits per heavy atom. The van der Waals surface area contributed by atoms with E-state index in [1.807, 2.05) is 13.8 Å². The summed E-state index contributed by atoms with van der Waals surface area (Å²) in [5, 5.41) is 9.04. The van der Waals surface area contributed by atoms with Gasteiger partial charge in [-0.25, -0.2) is 19.7 Å². The number of hydrogen-bond donors (Lipinski definition) is 3. The summed E-state index contributed by atoms with van der Waals surface area (Å²) in [6, 6.07) is 8.71. The molecule has 0 saturated carbocycles. The van der Waals surface area contributed by atoms with Gasteiger partial charge in [-0.1, -0.05) is 13.8 Å². The topological polar surface area (TPSA) is 199 Å². The van der Waals surface area contributed by atoms with Crippen molar-refractivity contribution >= 4 is 59.6 Å². The highest BCUT2D eigenvalue weighted by Crippen LogP contribution is 2.16. The van der Waals surface area contributed by atoms with Gasteiger partial charge >= 0.3 is 5.97 Å². The molecule has 0 atom stereocenters. The highest BCUT2D eigenvalue weighted by molar-refractivity contribution is 9.10. The predicted molar refractivity (Wildman–Crippen MR) is 198 cm³/mol. The van der Waals surface area contributed by atoms with E-state index in [1.54, 1.807) is 75.2 Å². The zero-order valence-corrected chi connectivity index (χ0v) is 31.1. The summed E-state index contributed by atoms with van der Waals surface area (Å²) in [6.07, 6.45) is 14.3. The van der Waals surface area contributed by atoms with E-state index in [2.05, 4.69) is 71.7 Å². The van der Waals surface area contributed by atoms with Gasteiger partial charge in [-0.3, -0.25) is 24.5 Å². The second-order valence-electron chi connectivity index (χ2n) is 9.68. The summed E-state index contributed by atoms with van der Waals surface area (Å²) in [7, 11) is 0. The Bertz CT molecular complexity index is 1980. The lowest BCUT2D eigenvalue weighted by molar-refractivity contribution is 0.0525. The molecule has 264 valence electrons. The number of aliphatic hydroxyl groups is 1. The van der Waals surface area contributed by atoms with Crippen molar-refractivity contribution in [1.82, 2.24) is 39.9 Å². The first kappa shape index (κ1) is 41.2. The van der Waals surface area contributed by atoms with Crippen molar-refractivity contribution < 1.29 is 19.4 Å². The van der Waals surface area contributed by atoms with Crippen LogP contribution in [0.25, 0.3) is 21.8 Å². The average Bonchev–Trinajstić information content (AvgIpc) is 3.14. The Balaban J connectivity index is 0.000000230. The number of H-pyrrole nitrogens is 2. The van der Waals surface area contributed by atoms with Crippen molar-refractivity contribution in [3.05, 3.63) is 121 Å². The molecule has 0 aromatic carbocycles.